The lowest BCUT2D eigenvalue weighted by Gasteiger charge is -2.31. The van der Waals surface area contributed by atoms with Crippen LogP contribution in [-0.4, -0.2) is 66.8 Å². The minimum atomic E-state index is 0.665. The van der Waals surface area contributed by atoms with Crippen LogP contribution in [0.2, 0.25) is 0 Å². The monoisotopic (exact) mass is 239 g/mol. The molecule has 0 spiro atoms. The molecule has 0 unspecified atom stereocenters. The van der Waals surface area contributed by atoms with Gasteiger partial charge < -0.3 is 19.6 Å². The number of piperazine rings is 1. The van der Waals surface area contributed by atoms with E-state index in [1.165, 1.54) is 0 Å². The Morgan fingerprint density at radius 1 is 1.29 bits per heavy atom. The fourth-order valence-corrected chi connectivity index (χ4v) is 1.95. The lowest BCUT2D eigenvalue weighted by atomic mass is 10.3. The van der Waals surface area contributed by atoms with E-state index in [9.17, 15) is 0 Å². The van der Waals surface area contributed by atoms with E-state index in [1.54, 1.807) is 0 Å². The molecule has 0 bridgehead atoms. The van der Waals surface area contributed by atoms with E-state index in [0.717, 1.165) is 50.9 Å². The van der Waals surface area contributed by atoms with Crippen molar-refractivity contribution in [3.8, 4) is 0 Å². The topological polar surface area (TPSA) is 57.4 Å². The van der Waals surface area contributed by atoms with Gasteiger partial charge in [-0.1, -0.05) is 5.16 Å². The molecule has 1 saturated heterocycles. The van der Waals surface area contributed by atoms with Gasteiger partial charge in [0.05, 0.1) is 6.54 Å². The summed E-state index contributed by atoms with van der Waals surface area (Å²) in [6.45, 7) is 6.23. The van der Waals surface area contributed by atoms with Gasteiger partial charge in [0.15, 0.2) is 5.82 Å². The Kier molecular flexibility index (Phi) is 4.47. The molecule has 17 heavy (non-hydrogen) atoms. The molecule has 0 aliphatic carbocycles. The van der Waals surface area contributed by atoms with Crippen molar-refractivity contribution in [3.05, 3.63) is 11.7 Å². The third-order valence-corrected chi connectivity index (χ3v) is 3.08. The normalized spacial score (nSPS) is 18.7. The number of aromatic nitrogens is 2. The van der Waals surface area contributed by atoms with Crippen LogP contribution in [0.25, 0.3) is 0 Å². The van der Waals surface area contributed by atoms with Gasteiger partial charge in [-0.25, -0.2) is 0 Å². The third kappa shape index (κ3) is 3.76. The zero-order chi connectivity index (χ0) is 12.1. The summed E-state index contributed by atoms with van der Waals surface area (Å²) in [5, 5.41) is 6.91. The van der Waals surface area contributed by atoms with E-state index < -0.39 is 0 Å². The molecular formula is C11H21N5O. The van der Waals surface area contributed by atoms with Gasteiger partial charge in [0.25, 0.3) is 0 Å². The smallest absolute Gasteiger partial charge is 0.227 e. The second-order valence-corrected chi connectivity index (χ2v) is 4.53. The number of nitrogens with one attached hydrogen (secondary N) is 1. The number of hydrogen-bond donors (Lipinski definition) is 1. The first-order valence-electron chi connectivity index (χ1n) is 6.15. The first-order valence-corrected chi connectivity index (χ1v) is 6.15. The Morgan fingerprint density at radius 2 is 2.06 bits per heavy atom. The number of likely N-dealkylation sites (N-methyl/N-ethyl adjacent to an activating group) is 1. The largest absolute Gasteiger partial charge is 0.339 e. The highest BCUT2D eigenvalue weighted by Gasteiger charge is 2.14. The van der Waals surface area contributed by atoms with Crippen molar-refractivity contribution in [1.29, 1.82) is 0 Å². The van der Waals surface area contributed by atoms with Gasteiger partial charge in [0.1, 0.15) is 0 Å². The predicted molar refractivity (Wildman–Crippen MR) is 64.7 cm³/mol. The summed E-state index contributed by atoms with van der Waals surface area (Å²) in [5.41, 5.74) is 0. The van der Waals surface area contributed by atoms with Crippen molar-refractivity contribution >= 4 is 0 Å². The van der Waals surface area contributed by atoms with Crippen LogP contribution < -0.4 is 5.32 Å². The van der Waals surface area contributed by atoms with Crippen molar-refractivity contribution < 1.29 is 4.52 Å². The lowest BCUT2D eigenvalue weighted by Crippen LogP contribution is -2.45. The van der Waals surface area contributed by atoms with Crippen LogP contribution in [0.5, 0.6) is 0 Å². The Hall–Kier alpha value is -0.980. The molecule has 1 aromatic heterocycles. The molecule has 0 atom stereocenters. The molecule has 6 nitrogen and oxygen atoms in total. The minimum absolute atomic E-state index is 0.665. The van der Waals surface area contributed by atoms with Crippen LogP contribution in [-0.2, 0) is 13.0 Å². The van der Waals surface area contributed by atoms with Gasteiger partial charge in [0.2, 0.25) is 5.89 Å². The zero-order valence-electron chi connectivity index (χ0n) is 10.6. The highest BCUT2D eigenvalue weighted by atomic mass is 16.5. The summed E-state index contributed by atoms with van der Waals surface area (Å²) < 4.78 is 5.19. The molecule has 1 aliphatic rings. The maximum atomic E-state index is 5.19. The van der Waals surface area contributed by atoms with Crippen LogP contribution in [0.15, 0.2) is 4.52 Å². The fraction of sp³-hybridized carbons (Fsp3) is 0.818. The fourth-order valence-electron chi connectivity index (χ4n) is 1.95. The van der Waals surface area contributed by atoms with E-state index in [2.05, 4.69) is 32.3 Å². The van der Waals surface area contributed by atoms with E-state index in [0.29, 0.717) is 6.54 Å². The molecule has 1 aliphatic heterocycles. The molecule has 0 saturated carbocycles. The summed E-state index contributed by atoms with van der Waals surface area (Å²) in [4.78, 5) is 9.12. The van der Waals surface area contributed by atoms with Crippen molar-refractivity contribution in [3.63, 3.8) is 0 Å². The second-order valence-electron chi connectivity index (χ2n) is 4.53. The average Bonchev–Trinajstić information content (AvgIpc) is 2.77. The summed E-state index contributed by atoms with van der Waals surface area (Å²) in [6, 6.07) is 0. The molecule has 1 aromatic rings. The SMILES string of the molecule is CNCc1noc(CCN2CCN(C)CC2)n1. The van der Waals surface area contributed by atoms with Crippen LogP contribution in [0.4, 0.5) is 0 Å². The Balaban J connectivity index is 1.73. The van der Waals surface area contributed by atoms with Crippen LogP contribution in [0, 0.1) is 0 Å². The van der Waals surface area contributed by atoms with Gasteiger partial charge in [-0.3, -0.25) is 0 Å². The van der Waals surface area contributed by atoms with E-state index in [-0.39, 0.29) is 0 Å². The summed E-state index contributed by atoms with van der Waals surface area (Å²) in [5.74, 6) is 1.48. The Labute approximate surface area is 102 Å². The molecule has 0 radical (unpaired) electrons. The molecular weight excluding hydrogens is 218 g/mol. The number of nitrogens with zero attached hydrogens (tertiary/aromatic N) is 4. The van der Waals surface area contributed by atoms with E-state index in [4.69, 9.17) is 4.52 Å². The highest BCUT2D eigenvalue weighted by Crippen LogP contribution is 2.03. The predicted octanol–water partition coefficient (Wildman–Crippen LogP) is -0.421. The summed E-state index contributed by atoms with van der Waals surface area (Å²) in [6.07, 6.45) is 0.848. The van der Waals surface area contributed by atoms with Crippen molar-refractivity contribution in [1.82, 2.24) is 25.3 Å². The van der Waals surface area contributed by atoms with Gasteiger partial charge in [0, 0.05) is 39.1 Å². The molecule has 1 fully saturated rings. The molecule has 96 valence electrons. The van der Waals surface area contributed by atoms with Crippen molar-refractivity contribution in [2.75, 3.05) is 46.8 Å². The maximum Gasteiger partial charge on any atom is 0.227 e. The van der Waals surface area contributed by atoms with Gasteiger partial charge in [-0.05, 0) is 14.1 Å². The van der Waals surface area contributed by atoms with Crippen molar-refractivity contribution in [2.45, 2.75) is 13.0 Å². The highest BCUT2D eigenvalue weighted by molar-refractivity contribution is 4.86. The lowest BCUT2D eigenvalue weighted by molar-refractivity contribution is 0.152. The third-order valence-electron chi connectivity index (χ3n) is 3.08. The van der Waals surface area contributed by atoms with Gasteiger partial charge >= 0.3 is 0 Å². The molecule has 1 N–H and O–H groups in total. The summed E-state index contributed by atoms with van der Waals surface area (Å²) >= 11 is 0. The standard InChI is InChI=1S/C11H21N5O/c1-12-9-10-13-11(17-14-10)3-4-16-7-5-15(2)6-8-16/h12H,3-9H2,1-2H3. The molecule has 2 heterocycles. The Morgan fingerprint density at radius 3 is 2.76 bits per heavy atom. The Bertz CT molecular complexity index is 332. The van der Waals surface area contributed by atoms with E-state index >= 15 is 0 Å². The first kappa shape index (κ1) is 12.5. The maximum absolute atomic E-state index is 5.19. The average molecular weight is 239 g/mol. The quantitative estimate of drug-likeness (QED) is 0.753. The van der Waals surface area contributed by atoms with E-state index in [1.807, 2.05) is 7.05 Å². The molecule has 0 aromatic carbocycles. The van der Waals surface area contributed by atoms with Crippen LogP contribution in [0.1, 0.15) is 11.7 Å². The van der Waals surface area contributed by atoms with Crippen molar-refractivity contribution in [2.24, 2.45) is 0 Å². The number of hydrogen-bond acceptors (Lipinski definition) is 6. The minimum Gasteiger partial charge on any atom is -0.339 e. The summed E-state index contributed by atoms with van der Waals surface area (Å²) in [7, 11) is 4.04. The van der Waals surface area contributed by atoms with Crippen LogP contribution in [0.3, 0.4) is 0 Å². The van der Waals surface area contributed by atoms with Gasteiger partial charge in [-0.15, -0.1) is 0 Å². The molecule has 0 amide bonds. The van der Waals surface area contributed by atoms with Crippen LogP contribution >= 0.6 is 0 Å². The zero-order valence-corrected chi connectivity index (χ0v) is 10.6. The van der Waals surface area contributed by atoms with Gasteiger partial charge in [-0.2, -0.15) is 4.98 Å². The molecule has 6 heteroatoms. The molecule has 2 rings (SSSR count). The second kappa shape index (κ2) is 6.09. The number of rotatable bonds is 5. The first-order chi connectivity index (χ1) is 8.28.